The maximum atomic E-state index is 11.6. The molecule has 0 saturated carbocycles. The molecule has 4 heteroatoms. The van der Waals surface area contributed by atoms with Crippen LogP contribution >= 0.6 is 0 Å². The molecular weight excluding hydrogens is 268 g/mol. The van der Waals surface area contributed by atoms with Gasteiger partial charge in [-0.2, -0.15) is 0 Å². The Kier molecular flexibility index (Phi) is 9.76. The molecule has 0 saturated heterocycles. The van der Waals surface area contributed by atoms with Crippen LogP contribution in [0.15, 0.2) is 11.6 Å². The number of ether oxygens (including phenoxy) is 2. The van der Waals surface area contributed by atoms with Gasteiger partial charge in [0.15, 0.2) is 0 Å². The van der Waals surface area contributed by atoms with E-state index in [1.165, 1.54) is 0 Å². The lowest BCUT2D eigenvalue weighted by Gasteiger charge is -2.19. The van der Waals surface area contributed by atoms with Crippen molar-refractivity contribution < 1.29 is 19.1 Å². The first-order chi connectivity index (χ1) is 9.80. The number of carbonyl (C=O) groups excluding carboxylic acids is 2. The Bertz CT molecular complexity index is 350. The zero-order chi connectivity index (χ0) is 16.3. The van der Waals surface area contributed by atoms with Crippen LogP contribution in [0.2, 0.25) is 0 Å². The molecule has 0 aromatic carbocycles. The summed E-state index contributed by atoms with van der Waals surface area (Å²) in [6, 6.07) is 0. The van der Waals surface area contributed by atoms with E-state index < -0.39 is 5.60 Å². The van der Waals surface area contributed by atoms with Crippen LogP contribution in [0.1, 0.15) is 73.1 Å². The SMILES string of the molecule is CCOC(=O)C(=CCCCCCC(=O)OC(C)(C)C)CC. The van der Waals surface area contributed by atoms with Crippen molar-refractivity contribution in [2.75, 3.05) is 6.61 Å². The fraction of sp³-hybridized carbons (Fsp3) is 0.765. The van der Waals surface area contributed by atoms with E-state index >= 15 is 0 Å². The van der Waals surface area contributed by atoms with Crippen molar-refractivity contribution in [1.82, 2.24) is 0 Å². The van der Waals surface area contributed by atoms with Gasteiger partial charge >= 0.3 is 11.9 Å². The highest BCUT2D eigenvalue weighted by molar-refractivity contribution is 5.88. The molecule has 0 N–H and O–H groups in total. The first-order valence-electron chi connectivity index (χ1n) is 7.88. The Morgan fingerprint density at radius 3 is 2.24 bits per heavy atom. The smallest absolute Gasteiger partial charge is 0.333 e. The molecule has 0 fully saturated rings. The third-order valence-electron chi connectivity index (χ3n) is 2.81. The number of esters is 2. The van der Waals surface area contributed by atoms with Crippen LogP contribution < -0.4 is 0 Å². The molecule has 0 rings (SSSR count). The third-order valence-corrected chi connectivity index (χ3v) is 2.81. The molecule has 4 nitrogen and oxygen atoms in total. The van der Waals surface area contributed by atoms with Crippen molar-refractivity contribution in [2.45, 2.75) is 78.7 Å². The topological polar surface area (TPSA) is 52.6 Å². The molecule has 0 aliphatic rings. The van der Waals surface area contributed by atoms with Crippen LogP contribution in [0, 0.1) is 0 Å². The second kappa shape index (κ2) is 10.4. The van der Waals surface area contributed by atoms with Gasteiger partial charge in [0.05, 0.1) is 6.61 Å². The van der Waals surface area contributed by atoms with E-state index in [0.717, 1.165) is 31.3 Å². The normalized spacial score (nSPS) is 12.1. The highest BCUT2D eigenvalue weighted by atomic mass is 16.6. The monoisotopic (exact) mass is 298 g/mol. The lowest BCUT2D eigenvalue weighted by atomic mass is 10.1. The van der Waals surface area contributed by atoms with Gasteiger partial charge in [-0.1, -0.05) is 19.4 Å². The maximum Gasteiger partial charge on any atom is 0.333 e. The highest BCUT2D eigenvalue weighted by Gasteiger charge is 2.15. The Morgan fingerprint density at radius 2 is 1.71 bits per heavy atom. The van der Waals surface area contributed by atoms with Crippen LogP contribution in [0.5, 0.6) is 0 Å². The molecule has 0 atom stereocenters. The Hall–Kier alpha value is -1.32. The molecule has 0 aliphatic heterocycles. The van der Waals surface area contributed by atoms with Crippen molar-refractivity contribution >= 4 is 11.9 Å². The van der Waals surface area contributed by atoms with Crippen LogP contribution in [-0.2, 0) is 19.1 Å². The summed E-state index contributed by atoms with van der Waals surface area (Å²) < 4.78 is 10.2. The average Bonchev–Trinajstić information content (AvgIpc) is 2.36. The minimum absolute atomic E-state index is 0.140. The summed E-state index contributed by atoms with van der Waals surface area (Å²) in [6.07, 6.45) is 6.68. The van der Waals surface area contributed by atoms with Crippen molar-refractivity contribution in [2.24, 2.45) is 0 Å². The summed E-state index contributed by atoms with van der Waals surface area (Å²) in [5.41, 5.74) is 0.333. The molecule has 21 heavy (non-hydrogen) atoms. The standard InChI is InChI=1S/C17H30O4/c1-6-14(16(19)20-7-2)12-10-8-9-11-13-15(18)21-17(3,4)5/h12H,6-11,13H2,1-5H3. The molecule has 0 unspecified atom stereocenters. The minimum atomic E-state index is -0.407. The molecule has 0 radical (unpaired) electrons. The second-order valence-electron chi connectivity index (χ2n) is 5.99. The number of hydrogen-bond acceptors (Lipinski definition) is 4. The van der Waals surface area contributed by atoms with Gasteiger partial charge in [0, 0.05) is 12.0 Å². The Morgan fingerprint density at radius 1 is 1.05 bits per heavy atom. The number of allylic oxidation sites excluding steroid dienone is 1. The number of carbonyl (C=O) groups is 2. The van der Waals surface area contributed by atoms with Crippen molar-refractivity contribution in [3.8, 4) is 0 Å². The third kappa shape index (κ3) is 11.1. The van der Waals surface area contributed by atoms with E-state index in [-0.39, 0.29) is 11.9 Å². The van der Waals surface area contributed by atoms with E-state index in [2.05, 4.69) is 0 Å². The van der Waals surface area contributed by atoms with Gasteiger partial charge < -0.3 is 9.47 Å². The first-order valence-corrected chi connectivity index (χ1v) is 7.88. The van der Waals surface area contributed by atoms with Crippen molar-refractivity contribution in [1.29, 1.82) is 0 Å². The fourth-order valence-corrected chi connectivity index (χ4v) is 1.86. The number of hydrogen-bond donors (Lipinski definition) is 0. The van der Waals surface area contributed by atoms with Gasteiger partial charge in [-0.05, 0) is 53.4 Å². The van der Waals surface area contributed by atoms with Gasteiger partial charge in [0.25, 0.3) is 0 Å². The molecular formula is C17H30O4. The van der Waals surface area contributed by atoms with Crippen LogP contribution in [0.25, 0.3) is 0 Å². The first kappa shape index (κ1) is 19.7. The Balaban J connectivity index is 3.85. The van der Waals surface area contributed by atoms with E-state index in [0.29, 0.717) is 19.4 Å². The molecule has 0 heterocycles. The van der Waals surface area contributed by atoms with E-state index in [1.807, 2.05) is 40.7 Å². The molecule has 122 valence electrons. The van der Waals surface area contributed by atoms with Gasteiger partial charge in [0.2, 0.25) is 0 Å². The van der Waals surface area contributed by atoms with Crippen molar-refractivity contribution in [3.05, 3.63) is 11.6 Å². The van der Waals surface area contributed by atoms with E-state index in [1.54, 1.807) is 0 Å². The lowest BCUT2D eigenvalue weighted by Crippen LogP contribution is -2.23. The van der Waals surface area contributed by atoms with Crippen LogP contribution in [0.3, 0.4) is 0 Å². The molecule has 0 aliphatic carbocycles. The summed E-state index contributed by atoms with van der Waals surface area (Å²) >= 11 is 0. The van der Waals surface area contributed by atoms with Gasteiger partial charge in [-0.25, -0.2) is 4.79 Å². The molecule has 0 aromatic heterocycles. The van der Waals surface area contributed by atoms with Crippen LogP contribution in [0.4, 0.5) is 0 Å². The lowest BCUT2D eigenvalue weighted by molar-refractivity contribution is -0.155. The summed E-state index contributed by atoms with van der Waals surface area (Å²) in [5, 5.41) is 0. The summed E-state index contributed by atoms with van der Waals surface area (Å²) in [6.45, 7) is 9.78. The Labute approximate surface area is 128 Å². The largest absolute Gasteiger partial charge is 0.463 e. The molecule has 0 spiro atoms. The average molecular weight is 298 g/mol. The van der Waals surface area contributed by atoms with Crippen LogP contribution in [-0.4, -0.2) is 24.1 Å². The molecule has 0 aromatic rings. The van der Waals surface area contributed by atoms with Crippen molar-refractivity contribution in [3.63, 3.8) is 0 Å². The van der Waals surface area contributed by atoms with Gasteiger partial charge in [-0.3, -0.25) is 4.79 Å². The zero-order valence-electron chi connectivity index (χ0n) is 14.2. The number of rotatable bonds is 9. The van der Waals surface area contributed by atoms with Gasteiger partial charge in [0.1, 0.15) is 5.60 Å². The summed E-state index contributed by atoms with van der Waals surface area (Å²) in [4.78, 5) is 23.1. The fourth-order valence-electron chi connectivity index (χ4n) is 1.86. The van der Waals surface area contributed by atoms with E-state index in [4.69, 9.17) is 9.47 Å². The molecule has 0 bridgehead atoms. The zero-order valence-corrected chi connectivity index (χ0v) is 14.2. The second-order valence-corrected chi connectivity index (χ2v) is 5.99. The quantitative estimate of drug-likeness (QED) is 0.364. The predicted octanol–water partition coefficient (Wildman–Crippen LogP) is 4.18. The summed E-state index contributed by atoms with van der Waals surface area (Å²) in [7, 11) is 0. The predicted molar refractivity (Wildman–Crippen MR) is 83.9 cm³/mol. The number of unbranched alkanes of at least 4 members (excludes halogenated alkanes) is 3. The van der Waals surface area contributed by atoms with Gasteiger partial charge in [-0.15, -0.1) is 0 Å². The summed E-state index contributed by atoms with van der Waals surface area (Å²) in [5.74, 6) is -0.354. The van der Waals surface area contributed by atoms with E-state index in [9.17, 15) is 9.59 Å². The highest BCUT2D eigenvalue weighted by Crippen LogP contribution is 2.12. The molecule has 0 amide bonds. The maximum absolute atomic E-state index is 11.6. The minimum Gasteiger partial charge on any atom is -0.463 e.